The Balaban J connectivity index is 4.56. The molecule has 0 saturated heterocycles. The minimum atomic E-state index is -4.39. The van der Waals surface area contributed by atoms with Gasteiger partial charge >= 0.3 is 19.8 Å². The normalized spacial score (nSPS) is 14.4. The first-order valence-corrected chi connectivity index (χ1v) is 21.0. The second-order valence-electron chi connectivity index (χ2n) is 13.9. The number of esters is 2. The first-order chi connectivity index (χ1) is 24.5. The van der Waals surface area contributed by atoms with E-state index in [1.54, 1.807) is 0 Å². The highest BCUT2D eigenvalue weighted by molar-refractivity contribution is 7.47. The van der Waals surface area contributed by atoms with E-state index in [1.165, 1.54) is 38.5 Å². The fraction of sp³-hybridized carbons (Fsp3) is 0.707. The first kappa shape index (κ1) is 48.7. The van der Waals surface area contributed by atoms with Gasteiger partial charge in [-0.25, -0.2) is 4.57 Å². The summed E-state index contributed by atoms with van der Waals surface area (Å²) in [7, 11) is 1.42. The number of likely N-dealkylation sites (N-methyl/N-ethyl adjacent to an activating group) is 1. The topological polar surface area (TPSA) is 108 Å². The summed E-state index contributed by atoms with van der Waals surface area (Å²) in [5, 5.41) is 0. The van der Waals surface area contributed by atoms with Gasteiger partial charge in [0.15, 0.2) is 6.10 Å². The molecule has 294 valence electrons. The number of unbranched alkanes of at least 4 members (excludes halogenated alkanes) is 10. The van der Waals surface area contributed by atoms with E-state index in [2.05, 4.69) is 62.5 Å². The Morgan fingerprint density at radius 3 is 1.75 bits per heavy atom. The summed E-state index contributed by atoms with van der Waals surface area (Å²) in [6, 6.07) is 0. The van der Waals surface area contributed by atoms with Crippen molar-refractivity contribution in [2.24, 2.45) is 0 Å². The van der Waals surface area contributed by atoms with Gasteiger partial charge < -0.3 is 18.9 Å². The van der Waals surface area contributed by atoms with E-state index in [9.17, 15) is 19.0 Å². The van der Waals surface area contributed by atoms with Crippen molar-refractivity contribution in [2.75, 3.05) is 47.5 Å². The van der Waals surface area contributed by atoms with Crippen molar-refractivity contribution >= 4 is 19.8 Å². The van der Waals surface area contributed by atoms with Gasteiger partial charge in [-0.3, -0.25) is 18.6 Å². The number of carbonyl (C=O) groups excluding carboxylic acids is 2. The highest BCUT2D eigenvalue weighted by Gasteiger charge is 2.27. The lowest BCUT2D eigenvalue weighted by Crippen LogP contribution is -2.37. The van der Waals surface area contributed by atoms with Crippen LogP contribution in [-0.4, -0.2) is 74.9 Å². The molecule has 0 aliphatic heterocycles. The molecule has 0 aliphatic carbocycles. The molecule has 51 heavy (non-hydrogen) atoms. The number of phosphoric acid groups is 1. The third-order valence-electron chi connectivity index (χ3n) is 7.80. The number of carbonyl (C=O) groups is 2. The van der Waals surface area contributed by atoms with Crippen molar-refractivity contribution in [3.8, 4) is 0 Å². The Kier molecular flexibility index (Phi) is 32.0. The van der Waals surface area contributed by atoms with Crippen LogP contribution in [-0.2, 0) is 32.7 Å². The summed E-state index contributed by atoms with van der Waals surface area (Å²) < 4.78 is 34.0. The smallest absolute Gasteiger partial charge is 0.462 e. The lowest BCUT2D eigenvalue weighted by Gasteiger charge is -2.24. The summed E-state index contributed by atoms with van der Waals surface area (Å²) >= 11 is 0. The third kappa shape index (κ3) is 37.3. The Bertz CT molecular complexity index is 1060. The number of rotatable bonds is 34. The molecule has 0 fully saturated rings. The Labute approximate surface area is 311 Å². The SMILES string of the molecule is CC/C=C\C/C=C\C/C=C\C/C=C\CCC(=O)OC(COC(=O)CCCCCCC/C=C\CCCCCCC)COP(=O)(O)OCC[N+](C)(C)C. The molecule has 0 heterocycles. The number of nitrogens with zero attached hydrogens (tertiary/aromatic N) is 1. The maximum Gasteiger partial charge on any atom is 0.472 e. The molecule has 1 N–H and O–H groups in total. The lowest BCUT2D eigenvalue weighted by atomic mass is 10.1. The summed E-state index contributed by atoms with van der Waals surface area (Å²) in [4.78, 5) is 35.1. The molecular formula is C41H73NO8P+. The number of ether oxygens (including phenoxy) is 2. The van der Waals surface area contributed by atoms with Gasteiger partial charge in [0.25, 0.3) is 0 Å². The standard InChI is InChI=1S/C41H72NO8P/c1-6-8-10-12-14-16-18-20-22-23-25-27-29-31-33-40(43)47-37-39(38-49-51(45,46)48-36-35-42(3,4)5)50-41(44)34-32-30-28-26-24-21-19-17-15-13-11-9-7-2/h9,11,15,17-18,20-21,24,28,30,39H,6-8,10,12-14,16,19,22-23,25-27,29,31-38H2,1-5H3/p+1/b11-9-,17-15-,20-18-,24-21-,30-28-. The second kappa shape index (κ2) is 33.5. The molecule has 0 radical (unpaired) electrons. The molecule has 0 aromatic rings. The number of hydrogen-bond acceptors (Lipinski definition) is 7. The molecule has 0 aliphatic rings. The summed E-state index contributed by atoms with van der Waals surface area (Å²) in [5.74, 6) is -0.910. The number of hydrogen-bond donors (Lipinski definition) is 1. The van der Waals surface area contributed by atoms with E-state index >= 15 is 0 Å². The van der Waals surface area contributed by atoms with Crippen LogP contribution in [0.3, 0.4) is 0 Å². The minimum absolute atomic E-state index is 0.0154. The highest BCUT2D eigenvalue weighted by atomic mass is 31.2. The van der Waals surface area contributed by atoms with Gasteiger partial charge in [-0.05, 0) is 64.2 Å². The molecule has 0 rings (SSSR count). The van der Waals surface area contributed by atoms with Crippen LogP contribution in [0, 0.1) is 0 Å². The zero-order valence-corrected chi connectivity index (χ0v) is 33.7. The molecule has 2 atom stereocenters. The van der Waals surface area contributed by atoms with Gasteiger partial charge in [-0.1, -0.05) is 120 Å². The van der Waals surface area contributed by atoms with Gasteiger partial charge in [0.05, 0.1) is 27.7 Å². The van der Waals surface area contributed by atoms with Crippen LogP contribution in [0.5, 0.6) is 0 Å². The van der Waals surface area contributed by atoms with Crippen LogP contribution in [0.15, 0.2) is 60.8 Å². The maximum atomic E-state index is 12.6. The molecule has 0 amide bonds. The average Bonchev–Trinajstić information content (AvgIpc) is 3.07. The fourth-order valence-corrected chi connectivity index (χ4v) is 5.47. The third-order valence-corrected chi connectivity index (χ3v) is 8.78. The van der Waals surface area contributed by atoms with E-state index in [-0.39, 0.29) is 26.1 Å². The van der Waals surface area contributed by atoms with Gasteiger partial charge in [-0.15, -0.1) is 0 Å². The highest BCUT2D eigenvalue weighted by Crippen LogP contribution is 2.43. The first-order valence-electron chi connectivity index (χ1n) is 19.5. The van der Waals surface area contributed by atoms with Crippen molar-refractivity contribution in [1.82, 2.24) is 0 Å². The molecule has 0 spiro atoms. The van der Waals surface area contributed by atoms with E-state index in [0.29, 0.717) is 23.9 Å². The molecule has 2 unspecified atom stereocenters. The van der Waals surface area contributed by atoms with Crippen molar-refractivity contribution in [2.45, 2.75) is 142 Å². The predicted octanol–water partition coefficient (Wildman–Crippen LogP) is 10.5. The zero-order valence-electron chi connectivity index (χ0n) is 32.8. The average molecular weight is 739 g/mol. The van der Waals surface area contributed by atoms with E-state index in [4.69, 9.17) is 18.5 Å². The second-order valence-corrected chi connectivity index (χ2v) is 15.4. The van der Waals surface area contributed by atoms with Crippen molar-refractivity contribution < 1.29 is 42.1 Å². The maximum absolute atomic E-state index is 12.6. The van der Waals surface area contributed by atoms with Crippen LogP contribution < -0.4 is 0 Å². The largest absolute Gasteiger partial charge is 0.472 e. The van der Waals surface area contributed by atoms with Crippen LogP contribution in [0.2, 0.25) is 0 Å². The van der Waals surface area contributed by atoms with Crippen molar-refractivity contribution in [3.05, 3.63) is 60.8 Å². The summed E-state index contributed by atoms with van der Waals surface area (Å²) in [5.41, 5.74) is 0. The van der Waals surface area contributed by atoms with Gasteiger partial charge in [0.2, 0.25) is 0 Å². The molecular weight excluding hydrogens is 665 g/mol. The zero-order chi connectivity index (χ0) is 37.9. The van der Waals surface area contributed by atoms with Crippen LogP contribution in [0.4, 0.5) is 0 Å². The number of quaternary nitrogens is 1. The molecule has 10 heteroatoms. The van der Waals surface area contributed by atoms with E-state index < -0.39 is 32.5 Å². The monoisotopic (exact) mass is 739 g/mol. The minimum Gasteiger partial charge on any atom is -0.462 e. The fourth-order valence-electron chi connectivity index (χ4n) is 4.73. The van der Waals surface area contributed by atoms with Crippen LogP contribution in [0.1, 0.15) is 136 Å². The Hall–Kier alpha value is -2.29. The van der Waals surface area contributed by atoms with Crippen molar-refractivity contribution in [3.63, 3.8) is 0 Å². The Morgan fingerprint density at radius 1 is 0.627 bits per heavy atom. The Morgan fingerprint density at radius 2 is 1.16 bits per heavy atom. The molecule has 0 aromatic carbocycles. The summed E-state index contributed by atoms with van der Waals surface area (Å²) in [6.45, 7) is 4.17. The lowest BCUT2D eigenvalue weighted by molar-refractivity contribution is -0.870. The quantitative estimate of drug-likeness (QED) is 0.0229. The van der Waals surface area contributed by atoms with E-state index in [0.717, 1.165) is 57.8 Å². The van der Waals surface area contributed by atoms with E-state index in [1.807, 2.05) is 33.3 Å². The number of phosphoric ester groups is 1. The molecule has 9 nitrogen and oxygen atoms in total. The van der Waals surface area contributed by atoms with Crippen LogP contribution in [0.25, 0.3) is 0 Å². The molecule has 0 bridgehead atoms. The predicted molar refractivity (Wildman–Crippen MR) is 210 cm³/mol. The van der Waals surface area contributed by atoms with Gasteiger partial charge in [0, 0.05) is 12.8 Å². The van der Waals surface area contributed by atoms with Gasteiger partial charge in [-0.2, -0.15) is 0 Å². The molecule has 0 aromatic heterocycles. The van der Waals surface area contributed by atoms with Gasteiger partial charge in [0.1, 0.15) is 19.8 Å². The summed E-state index contributed by atoms with van der Waals surface area (Å²) in [6.07, 6.45) is 38.6. The molecule has 0 saturated carbocycles. The van der Waals surface area contributed by atoms with Crippen molar-refractivity contribution in [1.29, 1.82) is 0 Å². The van der Waals surface area contributed by atoms with Crippen LogP contribution >= 0.6 is 7.82 Å². The number of allylic oxidation sites excluding steroid dienone is 10.